The van der Waals surface area contributed by atoms with Crippen LogP contribution >= 0.6 is 22.7 Å². The molecule has 0 saturated carbocycles. The van der Waals surface area contributed by atoms with Gasteiger partial charge in [0.15, 0.2) is 5.78 Å². The summed E-state index contributed by atoms with van der Waals surface area (Å²) in [5.74, 6) is -0.684. The van der Waals surface area contributed by atoms with Crippen molar-refractivity contribution in [3.8, 4) is 38.1 Å². The molecule has 66 heavy (non-hydrogen) atoms. The maximum Gasteiger partial charge on any atom is 0.246 e. The number of likely N-dealkylation sites (tertiary alicyclic amines) is 1. The number of aliphatic hydroxyl groups is 1. The monoisotopic (exact) mass is 936 g/mol. The minimum absolute atomic E-state index is 0.0110. The number of aryl methyl sites for hydroxylation is 1. The van der Waals surface area contributed by atoms with Gasteiger partial charge in [-0.1, -0.05) is 31.2 Å². The quantitative estimate of drug-likeness (QED) is 0.0379. The van der Waals surface area contributed by atoms with Crippen LogP contribution in [0, 0.1) is 6.92 Å². The molecule has 0 radical (unpaired) electrons. The lowest BCUT2D eigenvalue weighted by molar-refractivity contribution is -0.142. The van der Waals surface area contributed by atoms with Gasteiger partial charge in [-0.3, -0.25) is 19.2 Å². The third kappa shape index (κ3) is 12.2. The molecule has 5 N–H and O–H groups in total. The first-order valence-corrected chi connectivity index (χ1v) is 23.3. The number of fused-ring (bicyclic) bond motifs is 1. The second-order valence-electron chi connectivity index (χ2n) is 15.6. The fraction of sp³-hybridized carbons (Fsp3) is 0.327. The number of phenolic OH excluding ortho intramolecular Hbond substituents is 2. The second kappa shape index (κ2) is 22.8. The highest BCUT2D eigenvalue weighted by Gasteiger charge is 2.41. The lowest BCUT2D eigenvalue weighted by Gasteiger charge is -2.28. The van der Waals surface area contributed by atoms with Gasteiger partial charge in [0.25, 0.3) is 0 Å². The normalized spacial score (nSPS) is 15.2. The van der Waals surface area contributed by atoms with Crippen molar-refractivity contribution in [2.45, 2.75) is 51.4 Å². The Morgan fingerprint density at radius 1 is 0.818 bits per heavy atom. The zero-order valence-electron chi connectivity index (χ0n) is 36.6. The Balaban J connectivity index is 0.758. The Labute approximate surface area is 389 Å². The fourth-order valence-corrected chi connectivity index (χ4v) is 9.59. The molecule has 1 aliphatic rings. The molecule has 4 aromatic carbocycles. The Morgan fingerprint density at radius 2 is 1.47 bits per heavy atom. The number of aliphatic hydroxyl groups excluding tert-OH is 1. The number of thiophene rings is 1. The van der Waals surface area contributed by atoms with Crippen LogP contribution in [-0.4, -0.2) is 120 Å². The molecular formula is C49H52N4O11S2. The highest BCUT2D eigenvalue weighted by Crippen LogP contribution is 2.41. The van der Waals surface area contributed by atoms with E-state index in [9.17, 15) is 34.5 Å². The molecule has 3 atom stereocenters. The van der Waals surface area contributed by atoms with Crippen molar-refractivity contribution in [2.24, 2.45) is 0 Å². The summed E-state index contributed by atoms with van der Waals surface area (Å²) >= 11 is 2.96. The van der Waals surface area contributed by atoms with Crippen LogP contribution in [0.4, 0.5) is 0 Å². The number of nitrogens with one attached hydrogen (secondary N) is 2. The molecule has 17 heteroatoms. The molecule has 346 valence electrons. The lowest BCUT2D eigenvalue weighted by Crippen LogP contribution is -2.53. The molecule has 3 heterocycles. The van der Waals surface area contributed by atoms with Crippen LogP contribution in [0.15, 0.2) is 96.5 Å². The molecule has 1 aliphatic heterocycles. The number of hydrogen-bond donors (Lipinski definition) is 5. The van der Waals surface area contributed by atoms with Crippen LogP contribution in [-0.2, 0) is 35.1 Å². The van der Waals surface area contributed by atoms with Crippen LogP contribution in [0.1, 0.15) is 46.9 Å². The van der Waals surface area contributed by atoms with Gasteiger partial charge in [0.1, 0.15) is 42.5 Å². The molecule has 0 aliphatic carbocycles. The SMILES string of the molecule is CCC(NC(=O)COCCOCCOCCOc1ccc(C(=O)c2c(-c3ccc(O)cc3)sc3cc(O)ccc23)cc1)C(=O)N1C[C@H](O)C[C@H]1C(=O)NCc1ccc(-c2scnc2C)cc1. The molecule has 1 fully saturated rings. The summed E-state index contributed by atoms with van der Waals surface area (Å²) < 4.78 is 23.2. The van der Waals surface area contributed by atoms with Crippen molar-refractivity contribution < 1.29 is 53.4 Å². The molecular weight excluding hydrogens is 885 g/mol. The number of nitrogens with zero attached hydrogens (tertiary/aromatic N) is 2. The Morgan fingerprint density at radius 3 is 2.15 bits per heavy atom. The predicted octanol–water partition coefficient (Wildman–Crippen LogP) is 6.24. The maximum absolute atomic E-state index is 13.8. The molecule has 15 nitrogen and oxygen atoms in total. The number of phenols is 2. The fourth-order valence-electron chi connectivity index (χ4n) is 7.54. The van der Waals surface area contributed by atoms with Gasteiger partial charge in [0.05, 0.1) is 55.2 Å². The van der Waals surface area contributed by atoms with E-state index in [1.165, 1.54) is 16.2 Å². The summed E-state index contributed by atoms with van der Waals surface area (Å²) in [6.07, 6.45) is -0.481. The number of thiazole rings is 1. The van der Waals surface area contributed by atoms with Crippen LogP contribution in [0.3, 0.4) is 0 Å². The number of β-amino-alcohol motifs (C(OH)–C–C–N with tert-alkyl or cyclic N) is 1. The Kier molecular flexibility index (Phi) is 16.5. The van der Waals surface area contributed by atoms with Crippen molar-refractivity contribution in [1.29, 1.82) is 0 Å². The molecule has 7 rings (SSSR count). The van der Waals surface area contributed by atoms with Gasteiger partial charge in [0.2, 0.25) is 17.7 Å². The number of hydrogen-bond acceptors (Lipinski definition) is 14. The number of aromatic hydroxyl groups is 2. The van der Waals surface area contributed by atoms with E-state index in [1.807, 2.05) is 31.2 Å². The summed E-state index contributed by atoms with van der Waals surface area (Å²) in [5.41, 5.74) is 6.47. The number of ketones is 1. The van der Waals surface area contributed by atoms with Crippen LogP contribution in [0.2, 0.25) is 0 Å². The third-order valence-electron chi connectivity index (χ3n) is 11.0. The predicted molar refractivity (Wildman–Crippen MR) is 251 cm³/mol. The minimum Gasteiger partial charge on any atom is -0.508 e. The van der Waals surface area contributed by atoms with Gasteiger partial charge in [-0.05, 0) is 96.8 Å². The first-order valence-electron chi connectivity index (χ1n) is 21.6. The van der Waals surface area contributed by atoms with E-state index in [0.717, 1.165) is 42.2 Å². The topological polar surface area (TPSA) is 206 Å². The van der Waals surface area contributed by atoms with Gasteiger partial charge in [-0.25, -0.2) is 4.98 Å². The maximum atomic E-state index is 13.8. The van der Waals surface area contributed by atoms with Crippen LogP contribution in [0.5, 0.6) is 17.2 Å². The van der Waals surface area contributed by atoms with E-state index >= 15 is 0 Å². The Bertz CT molecular complexity index is 2600. The summed E-state index contributed by atoms with van der Waals surface area (Å²) in [6.45, 7) is 5.18. The highest BCUT2D eigenvalue weighted by atomic mass is 32.1. The zero-order valence-corrected chi connectivity index (χ0v) is 38.2. The van der Waals surface area contributed by atoms with Crippen LogP contribution in [0.25, 0.3) is 31.0 Å². The first-order chi connectivity index (χ1) is 32.0. The van der Waals surface area contributed by atoms with Gasteiger partial charge in [0, 0.05) is 45.6 Å². The van der Waals surface area contributed by atoms with E-state index in [2.05, 4.69) is 15.6 Å². The first kappa shape index (κ1) is 47.7. The van der Waals surface area contributed by atoms with Crippen molar-refractivity contribution in [2.75, 3.05) is 52.8 Å². The number of rotatable bonds is 22. The smallest absolute Gasteiger partial charge is 0.246 e. The van der Waals surface area contributed by atoms with E-state index in [1.54, 1.807) is 90.5 Å². The standard InChI is InChI=1S/C49H52N4O11S2/c1-3-40(49(60)53-27-37(56)24-41(53)48(59)50-26-31-4-6-33(7-5-31)46-30(2)51-29-65-46)52-43(57)28-63-21-20-61-18-19-62-22-23-64-38-15-10-32(11-16-38)45(58)44-39-17-14-36(55)25-42(39)66-47(44)34-8-12-35(54)13-9-34/h4-17,25,29,37,40-41,54-56H,3,18-24,26-28H2,1-2H3,(H,50,59)(H,52,57)/t37-,40?,41+/m1/s1. The molecule has 6 aromatic rings. The summed E-state index contributed by atoms with van der Waals surface area (Å²) in [7, 11) is 0. The van der Waals surface area contributed by atoms with E-state index < -0.39 is 30.0 Å². The van der Waals surface area contributed by atoms with Gasteiger partial charge < -0.3 is 49.8 Å². The van der Waals surface area contributed by atoms with E-state index in [-0.39, 0.29) is 82.2 Å². The molecule has 0 bridgehead atoms. The third-order valence-corrected chi connectivity index (χ3v) is 13.1. The average molecular weight is 937 g/mol. The molecule has 3 amide bonds. The lowest BCUT2D eigenvalue weighted by atomic mass is 9.97. The molecule has 2 aromatic heterocycles. The number of carbonyl (C=O) groups excluding carboxylic acids is 4. The number of carbonyl (C=O) groups is 4. The van der Waals surface area contributed by atoms with Gasteiger partial charge in [-0.15, -0.1) is 22.7 Å². The highest BCUT2D eigenvalue weighted by molar-refractivity contribution is 7.22. The average Bonchev–Trinajstić information content (AvgIpc) is 4.05. The molecule has 0 spiro atoms. The van der Waals surface area contributed by atoms with Crippen molar-refractivity contribution >= 4 is 56.3 Å². The minimum atomic E-state index is -0.896. The number of amides is 3. The number of benzene rings is 4. The van der Waals surface area contributed by atoms with Crippen molar-refractivity contribution in [3.05, 3.63) is 119 Å². The van der Waals surface area contributed by atoms with E-state index in [0.29, 0.717) is 30.1 Å². The largest absolute Gasteiger partial charge is 0.508 e. The molecule has 1 unspecified atom stereocenters. The summed E-state index contributed by atoms with van der Waals surface area (Å²) in [5, 5.41) is 36.6. The summed E-state index contributed by atoms with van der Waals surface area (Å²) in [4.78, 5) is 60.8. The van der Waals surface area contributed by atoms with Crippen molar-refractivity contribution in [3.63, 3.8) is 0 Å². The summed E-state index contributed by atoms with van der Waals surface area (Å²) in [6, 6.07) is 24.5. The van der Waals surface area contributed by atoms with Crippen LogP contribution < -0.4 is 15.4 Å². The zero-order chi connectivity index (χ0) is 46.6. The van der Waals surface area contributed by atoms with E-state index in [4.69, 9.17) is 18.9 Å². The second-order valence-corrected chi connectivity index (χ2v) is 17.5. The molecule has 1 saturated heterocycles. The number of ether oxygens (including phenoxy) is 4. The Hall–Kier alpha value is -6.21. The van der Waals surface area contributed by atoms with Gasteiger partial charge in [-0.2, -0.15) is 0 Å². The van der Waals surface area contributed by atoms with Crippen molar-refractivity contribution in [1.82, 2.24) is 20.5 Å². The van der Waals surface area contributed by atoms with Gasteiger partial charge >= 0.3 is 0 Å². The number of aromatic nitrogens is 1.